The van der Waals surface area contributed by atoms with Crippen LogP contribution in [0.25, 0.3) is 0 Å². The molecule has 6 nitrogen and oxygen atoms in total. The Labute approximate surface area is 132 Å². The highest BCUT2D eigenvalue weighted by molar-refractivity contribution is 5.13. The highest BCUT2D eigenvalue weighted by atomic mass is 16.5. The van der Waals surface area contributed by atoms with Gasteiger partial charge in [-0.1, -0.05) is 0 Å². The predicted molar refractivity (Wildman–Crippen MR) is 82.8 cm³/mol. The van der Waals surface area contributed by atoms with Crippen molar-refractivity contribution >= 4 is 0 Å². The van der Waals surface area contributed by atoms with Crippen LogP contribution in [-0.4, -0.2) is 54.4 Å². The lowest BCUT2D eigenvalue weighted by Crippen LogP contribution is -2.40. The maximum atomic E-state index is 5.94. The van der Waals surface area contributed by atoms with Crippen molar-refractivity contribution in [3.63, 3.8) is 0 Å². The molecule has 0 aliphatic carbocycles. The molecule has 6 heteroatoms. The van der Waals surface area contributed by atoms with Gasteiger partial charge in [0.05, 0.1) is 31.6 Å². The average Bonchev–Trinajstić information content (AvgIpc) is 3.17. The molecule has 3 heterocycles. The summed E-state index contributed by atoms with van der Waals surface area (Å²) < 4.78 is 18.8. The molecule has 22 heavy (non-hydrogen) atoms. The second kappa shape index (κ2) is 6.66. The SMILES string of the molecule is COCCn1cc([C@H]2OCC[C@@H]2NC2COC(C)(C)C2)cn1. The van der Waals surface area contributed by atoms with E-state index >= 15 is 0 Å². The van der Waals surface area contributed by atoms with Crippen molar-refractivity contribution in [2.24, 2.45) is 0 Å². The van der Waals surface area contributed by atoms with Crippen LogP contribution < -0.4 is 5.32 Å². The summed E-state index contributed by atoms with van der Waals surface area (Å²) >= 11 is 0. The molecule has 0 aromatic carbocycles. The number of methoxy groups -OCH3 is 1. The lowest BCUT2D eigenvalue weighted by atomic mass is 10.00. The first-order chi connectivity index (χ1) is 10.6. The molecule has 3 atom stereocenters. The van der Waals surface area contributed by atoms with E-state index in [1.807, 2.05) is 10.9 Å². The fraction of sp³-hybridized carbons (Fsp3) is 0.812. The third-order valence-electron chi connectivity index (χ3n) is 4.46. The maximum absolute atomic E-state index is 5.94. The van der Waals surface area contributed by atoms with Gasteiger partial charge in [0.1, 0.15) is 6.10 Å². The van der Waals surface area contributed by atoms with Crippen LogP contribution in [0.3, 0.4) is 0 Å². The monoisotopic (exact) mass is 309 g/mol. The summed E-state index contributed by atoms with van der Waals surface area (Å²) in [6.45, 7) is 7.31. The highest BCUT2D eigenvalue weighted by Crippen LogP contribution is 2.31. The van der Waals surface area contributed by atoms with Gasteiger partial charge in [-0.05, 0) is 26.7 Å². The summed E-state index contributed by atoms with van der Waals surface area (Å²) in [6, 6.07) is 0.746. The van der Waals surface area contributed by atoms with E-state index in [9.17, 15) is 0 Å². The van der Waals surface area contributed by atoms with Crippen molar-refractivity contribution in [1.82, 2.24) is 15.1 Å². The zero-order valence-corrected chi connectivity index (χ0v) is 13.7. The van der Waals surface area contributed by atoms with Gasteiger partial charge in [-0.25, -0.2) is 0 Å². The Morgan fingerprint density at radius 2 is 2.36 bits per heavy atom. The third kappa shape index (κ3) is 3.68. The molecule has 0 bridgehead atoms. The van der Waals surface area contributed by atoms with Crippen LogP contribution in [-0.2, 0) is 20.8 Å². The molecule has 0 amide bonds. The Kier molecular flexibility index (Phi) is 4.82. The van der Waals surface area contributed by atoms with Gasteiger partial charge in [-0.15, -0.1) is 0 Å². The number of nitrogens with zero attached hydrogens (tertiary/aromatic N) is 2. The lowest BCUT2D eigenvalue weighted by Gasteiger charge is -2.23. The van der Waals surface area contributed by atoms with Crippen molar-refractivity contribution < 1.29 is 14.2 Å². The molecule has 2 fully saturated rings. The minimum Gasteiger partial charge on any atom is -0.383 e. The molecule has 2 aliphatic heterocycles. The minimum absolute atomic E-state index is 0.0162. The zero-order valence-electron chi connectivity index (χ0n) is 13.7. The first-order valence-electron chi connectivity index (χ1n) is 8.10. The van der Waals surface area contributed by atoms with Crippen LogP contribution in [0.2, 0.25) is 0 Å². The van der Waals surface area contributed by atoms with Gasteiger partial charge in [0.15, 0.2) is 0 Å². The molecule has 124 valence electrons. The minimum atomic E-state index is -0.0162. The van der Waals surface area contributed by atoms with Crippen LogP contribution >= 0.6 is 0 Å². The second-order valence-electron chi connectivity index (χ2n) is 6.85. The Bertz CT molecular complexity index is 489. The molecule has 2 aliphatic rings. The van der Waals surface area contributed by atoms with Crippen LogP contribution in [0.5, 0.6) is 0 Å². The Morgan fingerprint density at radius 3 is 3.09 bits per heavy atom. The number of nitrogens with one attached hydrogen (secondary N) is 1. The molecule has 1 aromatic rings. The van der Waals surface area contributed by atoms with Gasteiger partial charge in [0, 0.05) is 37.6 Å². The van der Waals surface area contributed by atoms with Crippen LogP contribution in [0, 0.1) is 0 Å². The van der Waals surface area contributed by atoms with Crippen molar-refractivity contribution in [3.8, 4) is 0 Å². The summed E-state index contributed by atoms with van der Waals surface area (Å²) in [6.07, 6.45) is 6.14. The number of ether oxygens (including phenoxy) is 3. The summed E-state index contributed by atoms with van der Waals surface area (Å²) in [5.74, 6) is 0. The molecular formula is C16H27N3O3. The number of aromatic nitrogens is 2. The fourth-order valence-electron chi connectivity index (χ4n) is 3.37. The largest absolute Gasteiger partial charge is 0.383 e. The predicted octanol–water partition coefficient (Wildman–Crippen LogP) is 1.52. The summed E-state index contributed by atoms with van der Waals surface area (Å²) in [5, 5.41) is 8.11. The molecule has 0 spiro atoms. The van der Waals surface area contributed by atoms with E-state index in [1.54, 1.807) is 7.11 Å². The molecule has 1 unspecified atom stereocenters. The maximum Gasteiger partial charge on any atom is 0.101 e. The van der Waals surface area contributed by atoms with Gasteiger partial charge < -0.3 is 19.5 Å². The molecule has 1 aromatic heterocycles. The molecule has 2 saturated heterocycles. The number of rotatable bonds is 6. The van der Waals surface area contributed by atoms with E-state index < -0.39 is 0 Å². The van der Waals surface area contributed by atoms with Crippen molar-refractivity contribution in [1.29, 1.82) is 0 Å². The Hall–Kier alpha value is -0.950. The van der Waals surface area contributed by atoms with Crippen LogP contribution in [0.1, 0.15) is 38.4 Å². The Morgan fingerprint density at radius 1 is 1.50 bits per heavy atom. The fourth-order valence-corrected chi connectivity index (χ4v) is 3.37. The number of hydrogen-bond donors (Lipinski definition) is 1. The van der Waals surface area contributed by atoms with Gasteiger partial charge in [-0.2, -0.15) is 5.10 Å². The number of hydrogen-bond acceptors (Lipinski definition) is 5. The normalized spacial score (nSPS) is 31.0. The first-order valence-corrected chi connectivity index (χ1v) is 8.10. The van der Waals surface area contributed by atoms with Gasteiger partial charge in [0.25, 0.3) is 0 Å². The average molecular weight is 309 g/mol. The smallest absolute Gasteiger partial charge is 0.101 e. The second-order valence-corrected chi connectivity index (χ2v) is 6.85. The van der Waals surface area contributed by atoms with Gasteiger partial charge in [0.2, 0.25) is 0 Å². The topological polar surface area (TPSA) is 57.5 Å². The van der Waals surface area contributed by atoms with Crippen molar-refractivity contribution in [2.75, 3.05) is 26.9 Å². The summed E-state index contributed by atoms with van der Waals surface area (Å²) in [5.41, 5.74) is 1.13. The quantitative estimate of drug-likeness (QED) is 0.863. The summed E-state index contributed by atoms with van der Waals surface area (Å²) in [7, 11) is 1.70. The van der Waals surface area contributed by atoms with Gasteiger partial charge >= 0.3 is 0 Å². The highest BCUT2D eigenvalue weighted by Gasteiger charge is 2.37. The van der Waals surface area contributed by atoms with E-state index in [-0.39, 0.29) is 11.7 Å². The van der Waals surface area contributed by atoms with Crippen LogP contribution in [0.15, 0.2) is 12.4 Å². The Balaban J connectivity index is 1.59. The molecule has 3 rings (SSSR count). The molecule has 0 radical (unpaired) electrons. The lowest BCUT2D eigenvalue weighted by molar-refractivity contribution is 0.0352. The van der Waals surface area contributed by atoms with E-state index in [4.69, 9.17) is 14.2 Å². The van der Waals surface area contributed by atoms with Crippen molar-refractivity contribution in [2.45, 2.75) is 57.0 Å². The molecular weight excluding hydrogens is 282 g/mol. The van der Waals surface area contributed by atoms with Crippen LogP contribution in [0.4, 0.5) is 0 Å². The molecule has 1 N–H and O–H groups in total. The van der Waals surface area contributed by atoms with Crippen molar-refractivity contribution in [3.05, 3.63) is 18.0 Å². The third-order valence-corrected chi connectivity index (χ3v) is 4.46. The summed E-state index contributed by atoms with van der Waals surface area (Å²) in [4.78, 5) is 0. The van der Waals surface area contributed by atoms with E-state index in [2.05, 4.69) is 30.5 Å². The van der Waals surface area contributed by atoms with E-state index in [0.29, 0.717) is 18.7 Å². The standard InChI is InChI=1S/C16H27N3O3/c1-16(2)8-13(11-22-16)18-14-4-6-21-15(14)12-9-17-19(10-12)5-7-20-3/h9-10,13-15,18H,4-8,11H2,1-3H3/t13?,14-,15+/m0/s1. The van der Waals surface area contributed by atoms with E-state index in [0.717, 1.165) is 38.2 Å². The molecule has 0 saturated carbocycles. The zero-order chi connectivity index (χ0) is 15.6. The van der Waals surface area contributed by atoms with E-state index in [1.165, 1.54) is 0 Å². The first kappa shape index (κ1) is 15.9. The van der Waals surface area contributed by atoms with Gasteiger partial charge in [-0.3, -0.25) is 4.68 Å².